The van der Waals surface area contributed by atoms with Crippen molar-refractivity contribution in [1.82, 2.24) is 9.47 Å². The van der Waals surface area contributed by atoms with Crippen molar-refractivity contribution < 1.29 is 35.9 Å². The number of nitrogens with one attached hydrogen (secondary N) is 1. The van der Waals surface area contributed by atoms with E-state index in [2.05, 4.69) is 0 Å². The zero-order valence-electron chi connectivity index (χ0n) is 17.2. The number of benzene rings is 1. The second-order valence-corrected chi connectivity index (χ2v) is 6.78. The zero-order chi connectivity index (χ0) is 24.4. The fraction of sp³-hybridized carbons (Fsp3) is 0.350. The summed E-state index contributed by atoms with van der Waals surface area (Å²) in [6, 6.07) is 1.41. The number of halogens is 6. The van der Waals surface area contributed by atoms with E-state index in [0.717, 1.165) is 10.6 Å². The number of anilines is 1. The lowest BCUT2D eigenvalue weighted by Gasteiger charge is -2.19. The highest BCUT2D eigenvalue weighted by molar-refractivity contribution is 6.05. The molecule has 0 unspecified atom stereocenters. The summed E-state index contributed by atoms with van der Waals surface area (Å²) in [5, 5.41) is 2.02. The van der Waals surface area contributed by atoms with Crippen molar-refractivity contribution in [2.24, 2.45) is 7.05 Å². The van der Waals surface area contributed by atoms with Crippen molar-refractivity contribution in [3.05, 3.63) is 63.1 Å². The number of carbonyl (C=O) groups is 2. The highest BCUT2D eigenvalue weighted by Gasteiger charge is 2.37. The third kappa shape index (κ3) is 5.48. The van der Waals surface area contributed by atoms with Crippen LogP contribution >= 0.6 is 0 Å². The number of hydrogen-bond acceptors (Lipinski definition) is 3. The van der Waals surface area contributed by atoms with E-state index in [0.29, 0.717) is 13.1 Å². The van der Waals surface area contributed by atoms with E-state index in [1.165, 1.54) is 18.1 Å². The molecule has 1 aromatic heterocycles. The molecule has 1 aromatic carbocycles. The first-order valence-electron chi connectivity index (χ1n) is 9.29. The number of rotatable bonds is 5. The number of aromatic nitrogens is 1. The number of hydrogen-bond donors (Lipinski definition) is 1. The molecule has 12 heteroatoms. The summed E-state index contributed by atoms with van der Waals surface area (Å²) >= 11 is 0. The molecule has 6 nitrogen and oxygen atoms in total. The molecule has 0 radical (unpaired) electrons. The van der Waals surface area contributed by atoms with Gasteiger partial charge in [0.2, 0.25) is 0 Å². The summed E-state index contributed by atoms with van der Waals surface area (Å²) in [5.74, 6) is -1.84. The van der Waals surface area contributed by atoms with E-state index in [4.69, 9.17) is 0 Å². The Morgan fingerprint density at radius 1 is 0.906 bits per heavy atom. The Morgan fingerprint density at radius 3 is 1.84 bits per heavy atom. The van der Waals surface area contributed by atoms with Crippen molar-refractivity contribution in [2.75, 3.05) is 18.4 Å². The summed E-state index contributed by atoms with van der Waals surface area (Å²) < 4.78 is 79.2. The maximum absolute atomic E-state index is 13.0. The fourth-order valence-corrected chi connectivity index (χ4v) is 2.89. The lowest BCUT2D eigenvalue weighted by molar-refractivity contribution is -0.143. The normalized spacial score (nSPS) is 11.9. The molecule has 174 valence electrons. The van der Waals surface area contributed by atoms with Crippen molar-refractivity contribution in [3.8, 4) is 0 Å². The first-order chi connectivity index (χ1) is 14.7. The predicted octanol–water partition coefficient (Wildman–Crippen LogP) is 4.16. The largest absolute Gasteiger partial charge is 0.416 e. The van der Waals surface area contributed by atoms with Gasteiger partial charge in [-0.2, -0.15) is 26.3 Å². The van der Waals surface area contributed by atoms with Crippen molar-refractivity contribution in [3.63, 3.8) is 0 Å². The summed E-state index contributed by atoms with van der Waals surface area (Å²) in [6.45, 7) is 4.14. The second kappa shape index (κ2) is 9.05. The van der Waals surface area contributed by atoms with Gasteiger partial charge >= 0.3 is 12.4 Å². The van der Waals surface area contributed by atoms with E-state index in [1.807, 2.05) is 5.32 Å². The first-order valence-corrected chi connectivity index (χ1v) is 9.29. The van der Waals surface area contributed by atoms with Crippen molar-refractivity contribution >= 4 is 17.5 Å². The van der Waals surface area contributed by atoms with Gasteiger partial charge in [0, 0.05) is 31.9 Å². The maximum atomic E-state index is 13.0. The SMILES string of the molecule is CCN(CC)C(=O)c1cc(NC(=O)c2cc(C(F)(F)F)cc(C(F)(F)F)c2)c(=O)n(C)c1. The zero-order valence-corrected chi connectivity index (χ0v) is 17.2. The Hall–Kier alpha value is -3.31. The number of nitrogens with zero attached hydrogens (tertiary/aromatic N) is 2. The van der Waals surface area contributed by atoms with Gasteiger partial charge in [0.1, 0.15) is 5.69 Å². The average molecular weight is 463 g/mol. The van der Waals surface area contributed by atoms with Gasteiger partial charge in [-0.05, 0) is 38.1 Å². The smallest absolute Gasteiger partial charge is 0.339 e. The highest BCUT2D eigenvalue weighted by Crippen LogP contribution is 2.36. The van der Waals surface area contributed by atoms with Gasteiger partial charge in [0.05, 0.1) is 16.7 Å². The van der Waals surface area contributed by atoms with Gasteiger partial charge < -0.3 is 14.8 Å². The Kier molecular flexibility index (Phi) is 7.06. The van der Waals surface area contributed by atoms with Gasteiger partial charge in [0.25, 0.3) is 17.4 Å². The lowest BCUT2D eigenvalue weighted by atomic mass is 10.0. The molecule has 0 spiro atoms. The molecule has 0 bridgehead atoms. The number of carbonyl (C=O) groups excluding carboxylic acids is 2. The molecule has 1 N–H and O–H groups in total. The van der Waals surface area contributed by atoms with Crippen LogP contribution in [0.2, 0.25) is 0 Å². The van der Waals surface area contributed by atoms with Crippen LogP contribution in [0.25, 0.3) is 0 Å². The van der Waals surface area contributed by atoms with Crippen molar-refractivity contribution in [2.45, 2.75) is 26.2 Å². The highest BCUT2D eigenvalue weighted by atomic mass is 19.4. The molecular weight excluding hydrogens is 444 g/mol. The Bertz CT molecular complexity index is 1050. The molecule has 2 aromatic rings. The van der Waals surface area contributed by atoms with Crippen LogP contribution < -0.4 is 10.9 Å². The Morgan fingerprint density at radius 2 is 1.41 bits per heavy atom. The third-order valence-electron chi connectivity index (χ3n) is 4.58. The predicted molar refractivity (Wildman–Crippen MR) is 103 cm³/mol. The molecule has 2 amide bonds. The fourth-order valence-electron chi connectivity index (χ4n) is 2.89. The summed E-state index contributed by atoms with van der Waals surface area (Å²) in [7, 11) is 1.28. The molecule has 0 aliphatic rings. The molecular formula is C20H19F6N3O3. The Labute approximate surface area is 178 Å². The minimum absolute atomic E-state index is 0.00567. The minimum Gasteiger partial charge on any atom is -0.339 e. The standard InChI is InChI=1S/C20H19F6N3O3/c1-4-29(5-2)17(31)12-8-15(18(32)28(3)10-12)27-16(30)11-6-13(19(21,22)23)9-14(7-11)20(24,25)26/h6-10H,4-5H2,1-3H3,(H,27,30). The summed E-state index contributed by atoms with van der Waals surface area (Å²) in [4.78, 5) is 38.8. The molecule has 32 heavy (non-hydrogen) atoms. The van der Waals surface area contributed by atoms with E-state index in [1.54, 1.807) is 13.8 Å². The number of amides is 2. The van der Waals surface area contributed by atoms with Gasteiger partial charge in [-0.15, -0.1) is 0 Å². The van der Waals surface area contributed by atoms with Gasteiger partial charge in [-0.3, -0.25) is 14.4 Å². The van der Waals surface area contributed by atoms with Crippen LogP contribution in [0.3, 0.4) is 0 Å². The minimum atomic E-state index is -5.14. The van der Waals surface area contributed by atoms with Crippen LogP contribution in [-0.2, 0) is 19.4 Å². The molecule has 0 aliphatic heterocycles. The van der Waals surface area contributed by atoms with E-state index < -0.39 is 52.1 Å². The van der Waals surface area contributed by atoms with Crippen molar-refractivity contribution in [1.29, 1.82) is 0 Å². The van der Waals surface area contributed by atoms with E-state index in [9.17, 15) is 40.7 Å². The number of alkyl halides is 6. The molecule has 0 saturated heterocycles. The molecule has 0 aliphatic carbocycles. The van der Waals surface area contributed by atoms with Crippen LogP contribution in [-0.4, -0.2) is 34.4 Å². The number of aryl methyl sites for hydroxylation is 1. The van der Waals surface area contributed by atoms with Crippen LogP contribution in [0.5, 0.6) is 0 Å². The number of pyridine rings is 1. The monoisotopic (exact) mass is 463 g/mol. The molecule has 0 atom stereocenters. The van der Waals surface area contributed by atoms with Gasteiger partial charge in [0.15, 0.2) is 0 Å². The molecule has 2 rings (SSSR count). The Balaban J connectivity index is 2.51. The second-order valence-electron chi connectivity index (χ2n) is 6.78. The molecule has 0 fully saturated rings. The topological polar surface area (TPSA) is 71.4 Å². The molecule has 0 saturated carbocycles. The summed E-state index contributed by atoms with van der Waals surface area (Å²) in [6.07, 6.45) is -9.06. The summed E-state index contributed by atoms with van der Waals surface area (Å²) in [5.41, 5.74) is -5.56. The van der Waals surface area contributed by atoms with Crippen LogP contribution in [0.1, 0.15) is 45.7 Å². The van der Waals surface area contributed by atoms with Crippen LogP contribution in [0, 0.1) is 0 Å². The molecule has 1 heterocycles. The van der Waals surface area contributed by atoms with E-state index in [-0.39, 0.29) is 23.8 Å². The van der Waals surface area contributed by atoms with Gasteiger partial charge in [-0.25, -0.2) is 0 Å². The third-order valence-corrected chi connectivity index (χ3v) is 4.58. The lowest BCUT2D eigenvalue weighted by Crippen LogP contribution is -2.32. The first kappa shape index (κ1) is 25.0. The quantitative estimate of drug-likeness (QED) is 0.678. The maximum Gasteiger partial charge on any atom is 0.416 e. The average Bonchev–Trinajstić information content (AvgIpc) is 2.70. The van der Waals surface area contributed by atoms with Gasteiger partial charge in [-0.1, -0.05) is 0 Å². The van der Waals surface area contributed by atoms with E-state index >= 15 is 0 Å². The van der Waals surface area contributed by atoms with Crippen LogP contribution in [0.4, 0.5) is 32.0 Å². The van der Waals surface area contributed by atoms with Crippen LogP contribution in [0.15, 0.2) is 35.3 Å².